The molecule has 1 amide bonds. The third-order valence-corrected chi connectivity index (χ3v) is 5.97. The van der Waals surface area contributed by atoms with Gasteiger partial charge in [-0.15, -0.1) is 0 Å². The van der Waals surface area contributed by atoms with E-state index < -0.39 is 0 Å². The normalized spacial score (nSPS) is 12.0. The smallest absolute Gasteiger partial charge is 0.256 e. The highest BCUT2D eigenvalue weighted by Crippen LogP contribution is 2.28. The zero-order valence-corrected chi connectivity index (χ0v) is 18.6. The number of aryl methyl sites for hydroxylation is 2. The molecule has 1 unspecified atom stereocenters. The highest BCUT2D eigenvalue weighted by molar-refractivity contribution is 6.13. The van der Waals surface area contributed by atoms with Gasteiger partial charge in [0.25, 0.3) is 5.91 Å². The number of fused-ring (bicyclic) bond motifs is 1. The Kier molecular flexibility index (Phi) is 5.85. The van der Waals surface area contributed by atoms with Crippen LogP contribution in [0.1, 0.15) is 53.2 Å². The maximum absolute atomic E-state index is 13.3. The molecule has 1 heterocycles. The van der Waals surface area contributed by atoms with Gasteiger partial charge in [0.05, 0.1) is 16.8 Å². The molecule has 3 aromatic carbocycles. The SMILES string of the molecule is CCC(C)c1ccc(NC(=O)c2cc(-c3ccc(C)cc3C)nc3ccccc23)cc1. The lowest BCUT2D eigenvalue weighted by molar-refractivity contribution is 0.102. The molecule has 3 nitrogen and oxygen atoms in total. The fourth-order valence-corrected chi connectivity index (χ4v) is 3.93. The Hall–Kier alpha value is -3.46. The van der Waals surface area contributed by atoms with E-state index in [1.165, 1.54) is 11.1 Å². The summed E-state index contributed by atoms with van der Waals surface area (Å²) < 4.78 is 0. The highest BCUT2D eigenvalue weighted by Gasteiger charge is 2.15. The highest BCUT2D eigenvalue weighted by atomic mass is 16.1. The molecule has 0 saturated carbocycles. The monoisotopic (exact) mass is 408 g/mol. The van der Waals surface area contributed by atoms with Crippen LogP contribution in [-0.2, 0) is 0 Å². The largest absolute Gasteiger partial charge is 0.322 e. The van der Waals surface area contributed by atoms with E-state index in [9.17, 15) is 4.79 Å². The van der Waals surface area contributed by atoms with Crippen LogP contribution in [0.3, 0.4) is 0 Å². The van der Waals surface area contributed by atoms with Crippen LogP contribution < -0.4 is 5.32 Å². The summed E-state index contributed by atoms with van der Waals surface area (Å²) in [5.41, 5.74) is 7.74. The maximum atomic E-state index is 13.3. The first-order chi connectivity index (χ1) is 15.0. The summed E-state index contributed by atoms with van der Waals surface area (Å²) in [5, 5.41) is 3.92. The molecule has 0 aliphatic carbocycles. The number of aromatic nitrogens is 1. The molecule has 3 heteroatoms. The molecule has 0 saturated heterocycles. The summed E-state index contributed by atoms with van der Waals surface area (Å²) >= 11 is 0. The van der Waals surface area contributed by atoms with E-state index in [-0.39, 0.29) is 5.91 Å². The quantitative estimate of drug-likeness (QED) is 0.377. The van der Waals surface area contributed by atoms with Crippen LogP contribution in [0.15, 0.2) is 72.8 Å². The van der Waals surface area contributed by atoms with Gasteiger partial charge in [-0.3, -0.25) is 4.79 Å². The Balaban J connectivity index is 1.73. The van der Waals surface area contributed by atoms with E-state index in [0.29, 0.717) is 11.5 Å². The Morgan fingerprint density at radius 1 is 0.968 bits per heavy atom. The predicted octanol–water partition coefficient (Wildman–Crippen LogP) is 7.28. The molecule has 4 rings (SSSR count). The fourth-order valence-electron chi connectivity index (χ4n) is 3.93. The van der Waals surface area contributed by atoms with Crippen LogP contribution in [0.4, 0.5) is 5.69 Å². The van der Waals surface area contributed by atoms with Crippen LogP contribution in [0.25, 0.3) is 22.2 Å². The van der Waals surface area contributed by atoms with Crippen molar-refractivity contribution in [2.24, 2.45) is 0 Å². The van der Waals surface area contributed by atoms with Crippen molar-refractivity contribution >= 4 is 22.5 Å². The van der Waals surface area contributed by atoms with Crippen LogP contribution in [0.2, 0.25) is 0 Å². The van der Waals surface area contributed by atoms with E-state index in [4.69, 9.17) is 4.98 Å². The van der Waals surface area contributed by atoms with E-state index in [1.54, 1.807) is 0 Å². The zero-order chi connectivity index (χ0) is 22.0. The van der Waals surface area contributed by atoms with Crippen molar-refractivity contribution in [2.75, 3.05) is 5.32 Å². The second-order valence-electron chi connectivity index (χ2n) is 8.28. The number of carbonyl (C=O) groups is 1. The lowest BCUT2D eigenvalue weighted by Gasteiger charge is -2.13. The predicted molar refractivity (Wildman–Crippen MR) is 130 cm³/mol. The van der Waals surface area contributed by atoms with E-state index in [2.05, 4.69) is 63.3 Å². The summed E-state index contributed by atoms with van der Waals surface area (Å²) in [6, 6.07) is 24.2. The number of para-hydroxylation sites is 1. The van der Waals surface area contributed by atoms with E-state index in [1.807, 2.05) is 42.5 Å². The van der Waals surface area contributed by atoms with Crippen LogP contribution >= 0.6 is 0 Å². The van der Waals surface area contributed by atoms with Crippen molar-refractivity contribution in [2.45, 2.75) is 40.0 Å². The first-order valence-corrected chi connectivity index (χ1v) is 10.8. The van der Waals surface area contributed by atoms with Crippen molar-refractivity contribution in [1.82, 2.24) is 4.98 Å². The molecular formula is C28H28N2O. The number of hydrogen-bond acceptors (Lipinski definition) is 2. The number of benzene rings is 3. The van der Waals surface area contributed by atoms with E-state index >= 15 is 0 Å². The molecule has 0 fully saturated rings. The second-order valence-corrected chi connectivity index (χ2v) is 8.28. The second kappa shape index (κ2) is 8.73. The number of amides is 1. The number of pyridine rings is 1. The summed E-state index contributed by atoms with van der Waals surface area (Å²) in [4.78, 5) is 18.1. The molecule has 0 bridgehead atoms. The first-order valence-electron chi connectivity index (χ1n) is 10.8. The summed E-state index contributed by atoms with van der Waals surface area (Å²) in [5.74, 6) is 0.384. The Labute approximate surface area is 184 Å². The summed E-state index contributed by atoms with van der Waals surface area (Å²) in [7, 11) is 0. The van der Waals surface area contributed by atoms with Gasteiger partial charge in [-0.2, -0.15) is 0 Å². The molecular weight excluding hydrogens is 380 g/mol. The Morgan fingerprint density at radius 2 is 1.71 bits per heavy atom. The Morgan fingerprint density at radius 3 is 2.42 bits per heavy atom. The van der Waals surface area contributed by atoms with Crippen LogP contribution in [0, 0.1) is 13.8 Å². The van der Waals surface area contributed by atoms with Crippen LogP contribution in [-0.4, -0.2) is 10.9 Å². The lowest BCUT2D eigenvalue weighted by Crippen LogP contribution is -2.13. The first kappa shape index (κ1) is 20.8. The number of rotatable bonds is 5. The maximum Gasteiger partial charge on any atom is 0.256 e. The summed E-state index contributed by atoms with van der Waals surface area (Å²) in [6.07, 6.45) is 1.09. The van der Waals surface area contributed by atoms with Gasteiger partial charge in [0.15, 0.2) is 0 Å². The van der Waals surface area contributed by atoms with Gasteiger partial charge in [0, 0.05) is 16.6 Å². The van der Waals surface area contributed by atoms with Gasteiger partial charge < -0.3 is 5.32 Å². The van der Waals surface area contributed by atoms with Gasteiger partial charge >= 0.3 is 0 Å². The molecule has 156 valence electrons. The molecule has 0 aliphatic heterocycles. The number of carbonyl (C=O) groups excluding carboxylic acids is 1. The minimum atomic E-state index is -0.124. The van der Waals surface area contributed by atoms with Crippen molar-refractivity contribution in [1.29, 1.82) is 0 Å². The minimum Gasteiger partial charge on any atom is -0.322 e. The van der Waals surface area contributed by atoms with E-state index in [0.717, 1.165) is 39.8 Å². The van der Waals surface area contributed by atoms with Crippen molar-refractivity contribution in [3.63, 3.8) is 0 Å². The molecule has 31 heavy (non-hydrogen) atoms. The van der Waals surface area contributed by atoms with Gasteiger partial charge in [-0.1, -0.05) is 67.9 Å². The molecule has 4 aromatic rings. The summed E-state index contributed by atoms with van der Waals surface area (Å²) in [6.45, 7) is 8.56. The standard InChI is InChI=1S/C28H28N2O/c1-5-19(3)21-11-13-22(14-12-21)29-28(31)25-17-27(23-15-10-18(2)16-20(23)4)30-26-9-7-6-8-24(25)26/h6-17,19H,5H2,1-4H3,(H,29,31). The molecule has 1 atom stereocenters. The van der Waals surface area contributed by atoms with Gasteiger partial charge in [0.1, 0.15) is 0 Å². The molecule has 0 radical (unpaired) electrons. The van der Waals surface area contributed by atoms with Gasteiger partial charge in [-0.05, 0) is 61.6 Å². The third kappa shape index (κ3) is 4.36. The number of nitrogens with one attached hydrogen (secondary N) is 1. The average Bonchev–Trinajstić information content (AvgIpc) is 2.78. The lowest BCUT2D eigenvalue weighted by atomic mass is 9.98. The average molecular weight is 409 g/mol. The minimum absolute atomic E-state index is 0.124. The fraction of sp³-hybridized carbons (Fsp3) is 0.214. The zero-order valence-electron chi connectivity index (χ0n) is 18.6. The Bertz CT molecular complexity index is 1240. The number of hydrogen-bond donors (Lipinski definition) is 1. The van der Waals surface area contributed by atoms with Crippen LogP contribution in [0.5, 0.6) is 0 Å². The molecule has 1 N–H and O–H groups in total. The van der Waals surface area contributed by atoms with Gasteiger partial charge in [-0.25, -0.2) is 4.98 Å². The topological polar surface area (TPSA) is 42.0 Å². The molecule has 0 spiro atoms. The third-order valence-electron chi connectivity index (χ3n) is 5.97. The van der Waals surface area contributed by atoms with Crippen molar-refractivity contribution in [3.8, 4) is 11.3 Å². The van der Waals surface area contributed by atoms with Crippen molar-refractivity contribution < 1.29 is 4.79 Å². The molecule has 0 aliphatic rings. The number of nitrogens with zero attached hydrogens (tertiary/aromatic N) is 1. The van der Waals surface area contributed by atoms with Gasteiger partial charge in [0.2, 0.25) is 0 Å². The van der Waals surface area contributed by atoms with Crippen molar-refractivity contribution in [3.05, 3.63) is 95.1 Å². The molecule has 1 aromatic heterocycles. The number of anilines is 1.